The molecule has 3 aromatic rings. The number of para-hydroxylation sites is 1. The number of anilines is 2. The van der Waals surface area contributed by atoms with Crippen molar-refractivity contribution in [1.82, 2.24) is 9.55 Å². The molecule has 0 atom stereocenters. The molecular weight excluding hydrogens is 320 g/mol. The molecule has 0 spiro atoms. The number of aromatic nitrogens is 2. The molecule has 7 nitrogen and oxygen atoms in total. The first kappa shape index (κ1) is 16.1. The molecule has 0 radical (unpaired) electrons. The molecular formula is C18H14N4O3. The van der Waals surface area contributed by atoms with E-state index in [-0.39, 0.29) is 0 Å². The molecule has 1 aromatic heterocycles. The van der Waals surface area contributed by atoms with E-state index in [0.29, 0.717) is 28.6 Å². The van der Waals surface area contributed by atoms with Gasteiger partial charge in [-0.05, 0) is 36.4 Å². The third-order valence-corrected chi connectivity index (χ3v) is 3.51. The first-order valence-corrected chi connectivity index (χ1v) is 7.41. The molecule has 0 aliphatic heterocycles. The number of nitrogens with zero attached hydrogens (tertiary/aromatic N) is 2. The molecule has 1 heterocycles. The minimum Gasteiger partial charge on any atom is -0.456 e. The number of hydrogen-bond donors (Lipinski definition) is 2. The van der Waals surface area contributed by atoms with Crippen LogP contribution < -0.4 is 21.3 Å². The van der Waals surface area contributed by atoms with Crippen molar-refractivity contribution in [1.29, 1.82) is 5.26 Å². The largest absolute Gasteiger partial charge is 0.456 e. The van der Waals surface area contributed by atoms with Crippen LogP contribution in [-0.2, 0) is 7.05 Å². The third-order valence-electron chi connectivity index (χ3n) is 3.51. The number of ether oxygens (including phenoxy) is 1. The molecule has 3 rings (SSSR count). The normalized spacial score (nSPS) is 10.1. The number of benzene rings is 2. The average Bonchev–Trinajstić information content (AvgIpc) is 2.62. The van der Waals surface area contributed by atoms with Crippen LogP contribution in [0.15, 0.2) is 64.2 Å². The van der Waals surface area contributed by atoms with Crippen molar-refractivity contribution in [3.63, 3.8) is 0 Å². The highest BCUT2D eigenvalue weighted by Gasteiger charge is 2.05. The average molecular weight is 334 g/mol. The standard InChI is InChI=1S/C18H14N4O3/c1-22-17(23)10-16(21-18(22)24)20-13-6-8-14(9-7-13)25-15-5-3-2-4-12(15)11-19/h2-10,20H,1H3,(H,21,24). The van der Waals surface area contributed by atoms with E-state index >= 15 is 0 Å². The van der Waals surface area contributed by atoms with Gasteiger partial charge in [-0.3, -0.25) is 14.3 Å². The van der Waals surface area contributed by atoms with Crippen molar-refractivity contribution in [3.8, 4) is 17.6 Å². The second-order valence-corrected chi connectivity index (χ2v) is 5.24. The maximum Gasteiger partial charge on any atom is 0.329 e. The highest BCUT2D eigenvalue weighted by atomic mass is 16.5. The SMILES string of the molecule is Cn1c(=O)cc(Nc2ccc(Oc3ccccc3C#N)cc2)[nH]c1=O. The van der Waals surface area contributed by atoms with Crippen LogP contribution in [0.5, 0.6) is 11.5 Å². The molecule has 7 heteroatoms. The van der Waals surface area contributed by atoms with E-state index in [4.69, 9.17) is 10.00 Å². The van der Waals surface area contributed by atoms with Gasteiger partial charge in [0.15, 0.2) is 0 Å². The zero-order chi connectivity index (χ0) is 17.8. The molecule has 0 saturated heterocycles. The van der Waals surface area contributed by atoms with Crippen molar-refractivity contribution >= 4 is 11.5 Å². The summed E-state index contributed by atoms with van der Waals surface area (Å²) in [5, 5.41) is 12.0. The van der Waals surface area contributed by atoms with Crippen LogP contribution in [0.4, 0.5) is 11.5 Å². The molecule has 25 heavy (non-hydrogen) atoms. The fourth-order valence-corrected chi connectivity index (χ4v) is 2.16. The minimum absolute atomic E-state index is 0.302. The van der Waals surface area contributed by atoms with Crippen LogP contribution in [0.3, 0.4) is 0 Å². The summed E-state index contributed by atoms with van der Waals surface area (Å²) >= 11 is 0. The van der Waals surface area contributed by atoms with Crippen LogP contribution in [0.25, 0.3) is 0 Å². The Morgan fingerprint density at radius 2 is 1.84 bits per heavy atom. The van der Waals surface area contributed by atoms with Gasteiger partial charge in [0.2, 0.25) is 0 Å². The summed E-state index contributed by atoms with van der Waals surface area (Å²) < 4.78 is 6.68. The Balaban J connectivity index is 1.78. The van der Waals surface area contributed by atoms with E-state index in [0.717, 1.165) is 4.57 Å². The van der Waals surface area contributed by atoms with Crippen LogP contribution in [0, 0.1) is 11.3 Å². The second kappa shape index (κ2) is 6.76. The maximum absolute atomic E-state index is 11.6. The minimum atomic E-state index is -0.497. The number of nitriles is 1. The Kier molecular flexibility index (Phi) is 4.35. The summed E-state index contributed by atoms with van der Waals surface area (Å²) in [5.74, 6) is 1.34. The highest BCUT2D eigenvalue weighted by molar-refractivity contribution is 5.57. The van der Waals surface area contributed by atoms with Crippen molar-refractivity contribution in [2.24, 2.45) is 7.05 Å². The van der Waals surface area contributed by atoms with Gasteiger partial charge in [0.05, 0.1) is 5.56 Å². The lowest BCUT2D eigenvalue weighted by Gasteiger charge is -2.09. The molecule has 0 saturated carbocycles. The van der Waals surface area contributed by atoms with Gasteiger partial charge in [0.1, 0.15) is 23.4 Å². The predicted molar refractivity (Wildman–Crippen MR) is 93.3 cm³/mol. The van der Waals surface area contributed by atoms with Gasteiger partial charge in [-0.15, -0.1) is 0 Å². The quantitative estimate of drug-likeness (QED) is 0.763. The predicted octanol–water partition coefficient (Wildman–Crippen LogP) is 2.48. The number of hydrogen-bond acceptors (Lipinski definition) is 5. The highest BCUT2D eigenvalue weighted by Crippen LogP contribution is 2.26. The summed E-state index contributed by atoms with van der Waals surface area (Å²) in [4.78, 5) is 25.8. The molecule has 0 unspecified atom stereocenters. The summed E-state index contributed by atoms with van der Waals surface area (Å²) in [6, 6.07) is 17.2. The topological polar surface area (TPSA) is 99.9 Å². The fourth-order valence-electron chi connectivity index (χ4n) is 2.16. The van der Waals surface area contributed by atoms with Crippen LogP contribution in [0.1, 0.15) is 5.56 Å². The number of rotatable bonds is 4. The Hall–Kier alpha value is -3.79. The van der Waals surface area contributed by atoms with E-state index in [1.807, 2.05) is 0 Å². The van der Waals surface area contributed by atoms with Crippen LogP contribution >= 0.6 is 0 Å². The van der Waals surface area contributed by atoms with Gasteiger partial charge in [-0.1, -0.05) is 12.1 Å². The summed E-state index contributed by atoms with van der Waals surface area (Å²) in [6.45, 7) is 0. The third kappa shape index (κ3) is 3.59. The Morgan fingerprint density at radius 1 is 1.12 bits per heavy atom. The lowest BCUT2D eigenvalue weighted by atomic mass is 10.2. The fraction of sp³-hybridized carbons (Fsp3) is 0.0556. The lowest BCUT2D eigenvalue weighted by molar-refractivity contribution is 0.481. The lowest BCUT2D eigenvalue weighted by Crippen LogP contribution is -2.32. The molecule has 2 aromatic carbocycles. The van der Waals surface area contributed by atoms with Crippen LogP contribution in [-0.4, -0.2) is 9.55 Å². The first-order chi connectivity index (χ1) is 12.1. The van der Waals surface area contributed by atoms with E-state index < -0.39 is 11.2 Å². The van der Waals surface area contributed by atoms with Gasteiger partial charge in [0, 0.05) is 18.8 Å². The van der Waals surface area contributed by atoms with Crippen LogP contribution in [0.2, 0.25) is 0 Å². The summed E-state index contributed by atoms with van der Waals surface area (Å²) in [6.07, 6.45) is 0. The van der Waals surface area contributed by atoms with Gasteiger partial charge in [0.25, 0.3) is 5.56 Å². The Bertz CT molecular complexity index is 1030. The van der Waals surface area contributed by atoms with Gasteiger partial charge >= 0.3 is 5.69 Å². The molecule has 0 aliphatic carbocycles. The van der Waals surface area contributed by atoms with Gasteiger partial charge in [-0.25, -0.2) is 4.79 Å². The second-order valence-electron chi connectivity index (χ2n) is 5.24. The number of H-pyrrole nitrogens is 1. The molecule has 0 amide bonds. The maximum atomic E-state index is 11.6. The molecule has 0 fully saturated rings. The number of nitrogens with one attached hydrogen (secondary N) is 2. The monoisotopic (exact) mass is 334 g/mol. The van der Waals surface area contributed by atoms with E-state index in [1.54, 1.807) is 48.5 Å². The molecule has 0 bridgehead atoms. The smallest absolute Gasteiger partial charge is 0.329 e. The summed E-state index contributed by atoms with van der Waals surface area (Å²) in [7, 11) is 1.40. The van der Waals surface area contributed by atoms with Crippen molar-refractivity contribution in [2.75, 3.05) is 5.32 Å². The van der Waals surface area contributed by atoms with Gasteiger partial charge < -0.3 is 10.1 Å². The zero-order valence-electron chi connectivity index (χ0n) is 13.3. The van der Waals surface area contributed by atoms with Crippen molar-refractivity contribution in [3.05, 3.63) is 81.0 Å². The van der Waals surface area contributed by atoms with E-state index in [9.17, 15) is 9.59 Å². The first-order valence-electron chi connectivity index (χ1n) is 7.41. The van der Waals surface area contributed by atoms with Crippen molar-refractivity contribution < 1.29 is 4.74 Å². The Labute approximate surface area is 142 Å². The number of aromatic amines is 1. The van der Waals surface area contributed by atoms with E-state index in [1.165, 1.54) is 13.1 Å². The molecule has 124 valence electrons. The Morgan fingerprint density at radius 3 is 2.52 bits per heavy atom. The van der Waals surface area contributed by atoms with Gasteiger partial charge in [-0.2, -0.15) is 5.26 Å². The zero-order valence-corrected chi connectivity index (χ0v) is 13.3. The van der Waals surface area contributed by atoms with E-state index in [2.05, 4.69) is 16.4 Å². The van der Waals surface area contributed by atoms with Crippen molar-refractivity contribution in [2.45, 2.75) is 0 Å². The summed E-state index contributed by atoms with van der Waals surface area (Å²) in [5.41, 5.74) is 0.217. The molecule has 0 aliphatic rings. The molecule has 2 N–H and O–H groups in total.